The number of carboxylic acid groups (broad SMARTS) is 1. The number of anilines is 4. The number of aliphatic hydroxyl groups excluding tert-OH is 1. The van der Waals surface area contributed by atoms with Crippen LogP contribution in [0, 0.1) is 6.92 Å². The molecule has 3 N–H and O–H groups in total. The SMILES string of the molecule is COc1cc(CCN(C)c2cc(N3CCC(O)CC3)nc(Nc3nc(C)c(C(=O)O)s3)n2)cc(OC)c1OC. The zero-order valence-corrected chi connectivity index (χ0v) is 23.5. The molecule has 1 aliphatic heterocycles. The standard InChI is InChI=1S/C26H34N6O6S/c1-15-23(24(34)35)39-26(27-15)30-25-28-20(14-21(29-25)32-10-7-17(33)8-11-32)31(2)9-6-16-12-18(36-3)22(38-5)19(13-16)37-4/h12-14,17,33H,6-11H2,1-5H3,(H,34,35)(H,27,28,29,30). The van der Waals surface area contributed by atoms with E-state index in [-0.39, 0.29) is 11.0 Å². The molecule has 0 amide bonds. The van der Waals surface area contributed by atoms with E-state index in [9.17, 15) is 15.0 Å². The number of ether oxygens (including phenoxy) is 3. The largest absolute Gasteiger partial charge is 0.493 e. The van der Waals surface area contributed by atoms with Crippen LogP contribution in [0.1, 0.15) is 33.8 Å². The molecule has 1 fully saturated rings. The number of aliphatic hydroxyl groups is 1. The van der Waals surface area contributed by atoms with Gasteiger partial charge in [-0.15, -0.1) is 0 Å². The van der Waals surface area contributed by atoms with E-state index in [0.717, 1.165) is 22.7 Å². The van der Waals surface area contributed by atoms with Crippen LogP contribution in [-0.4, -0.2) is 85.2 Å². The molecular formula is C26H34N6O6S. The van der Waals surface area contributed by atoms with Gasteiger partial charge in [0, 0.05) is 32.7 Å². The number of aromatic nitrogens is 3. The molecule has 12 nitrogen and oxygen atoms in total. The summed E-state index contributed by atoms with van der Waals surface area (Å²) >= 11 is 1.04. The molecule has 2 aromatic heterocycles. The Hall–Kier alpha value is -3.84. The van der Waals surface area contributed by atoms with E-state index in [1.807, 2.05) is 30.1 Å². The third-order valence-corrected chi connectivity index (χ3v) is 7.61. The van der Waals surface area contributed by atoms with Crippen LogP contribution in [0.25, 0.3) is 0 Å². The molecule has 1 saturated heterocycles. The summed E-state index contributed by atoms with van der Waals surface area (Å²) in [7, 11) is 6.70. The van der Waals surface area contributed by atoms with Crippen LogP contribution in [0.2, 0.25) is 0 Å². The molecule has 0 atom stereocenters. The first-order chi connectivity index (χ1) is 18.7. The number of piperidine rings is 1. The molecule has 0 aliphatic carbocycles. The molecule has 0 radical (unpaired) electrons. The van der Waals surface area contributed by atoms with Gasteiger partial charge in [-0.25, -0.2) is 9.78 Å². The third-order valence-electron chi connectivity index (χ3n) is 6.55. The molecular weight excluding hydrogens is 524 g/mol. The number of rotatable bonds is 11. The molecule has 0 saturated carbocycles. The monoisotopic (exact) mass is 558 g/mol. The Bertz CT molecular complexity index is 1290. The van der Waals surface area contributed by atoms with E-state index in [0.29, 0.717) is 78.7 Å². The summed E-state index contributed by atoms with van der Waals surface area (Å²) in [5.41, 5.74) is 1.44. The highest BCUT2D eigenvalue weighted by Crippen LogP contribution is 2.38. The molecule has 0 spiro atoms. The van der Waals surface area contributed by atoms with Gasteiger partial charge in [0.25, 0.3) is 0 Å². The number of carbonyl (C=O) groups is 1. The maximum absolute atomic E-state index is 11.5. The molecule has 4 rings (SSSR count). The lowest BCUT2D eigenvalue weighted by Crippen LogP contribution is -2.36. The summed E-state index contributed by atoms with van der Waals surface area (Å²) in [4.78, 5) is 29.5. The van der Waals surface area contributed by atoms with Crippen molar-refractivity contribution in [1.29, 1.82) is 0 Å². The van der Waals surface area contributed by atoms with Gasteiger partial charge in [0.1, 0.15) is 16.5 Å². The van der Waals surface area contributed by atoms with Crippen molar-refractivity contribution in [1.82, 2.24) is 15.0 Å². The van der Waals surface area contributed by atoms with E-state index in [4.69, 9.17) is 24.2 Å². The second-order valence-electron chi connectivity index (χ2n) is 9.20. The average molecular weight is 559 g/mol. The Morgan fingerprint density at radius 1 is 1.10 bits per heavy atom. The fourth-order valence-corrected chi connectivity index (χ4v) is 5.16. The van der Waals surface area contributed by atoms with Gasteiger partial charge in [-0.1, -0.05) is 11.3 Å². The van der Waals surface area contributed by atoms with E-state index >= 15 is 0 Å². The molecule has 1 aromatic carbocycles. The van der Waals surface area contributed by atoms with Crippen molar-refractivity contribution < 1.29 is 29.2 Å². The third kappa shape index (κ3) is 6.60. The van der Waals surface area contributed by atoms with Crippen LogP contribution in [0.3, 0.4) is 0 Å². The van der Waals surface area contributed by atoms with Crippen molar-refractivity contribution in [2.24, 2.45) is 0 Å². The van der Waals surface area contributed by atoms with E-state index in [1.165, 1.54) is 0 Å². The minimum absolute atomic E-state index is 0.168. The first kappa shape index (κ1) is 28.2. The van der Waals surface area contributed by atoms with Gasteiger partial charge in [0.2, 0.25) is 11.7 Å². The molecule has 13 heteroatoms. The van der Waals surface area contributed by atoms with Crippen LogP contribution in [0.4, 0.5) is 22.7 Å². The van der Waals surface area contributed by atoms with Crippen molar-refractivity contribution >= 4 is 40.0 Å². The highest BCUT2D eigenvalue weighted by Gasteiger charge is 2.22. The number of likely N-dealkylation sites (N-methyl/N-ethyl adjacent to an activating group) is 1. The molecule has 3 heterocycles. The van der Waals surface area contributed by atoms with Crippen molar-refractivity contribution in [2.75, 3.05) is 63.1 Å². The van der Waals surface area contributed by atoms with E-state index in [2.05, 4.69) is 15.2 Å². The normalized spacial score (nSPS) is 13.7. The van der Waals surface area contributed by atoms with Gasteiger partial charge < -0.3 is 34.2 Å². The number of nitrogens with one attached hydrogen (secondary N) is 1. The number of thiazole rings is 1. The van der Waals surface area contributed by atoms with Crippen LogP contribution in [0.5, 0.6) is 17.2 Å². The maximum atomic E-state index is 11.5. The Kier molecular flexibility index (Phi) is 8.92. The number of carboxylic acids is 1. The van der Waals surface area contributed by atoms with Crippen LogP contribution in [-0.2, 0) is 6.42 Å². The average Bonchev–Trinajstić information content (AvgIpc) is 3.31. The van der Waals surface area contributed by atoms with E-state index < -0.39 is 5.97 Å². The van der Waals surface area contributed by atoms with Gasteiger partial charge in [0.15, 0.2) is 16.6 Å². The fourth-order valence-electron chi connectivity index (χ4n) is 4.37. The van der Waals surface area contributed by atoms with Gasteiger partial charge >= 0.3 is 5.97 Å². The quantitative estimate of drug-likeness (QED) is 0.318. The fraction of sp³-hybridized carbons (Fsp3) is 0.462. The van der Waals surface area contributed by atoms with Crippen LogP contribution in [0.15, 0.2) is 18.2 Å². The Morgan fingerprint density at radius 3 is 2.33 bits per heavy atom. The number of aromatic carboxylic acids is 1. The zero-order chi connectivity index (χ0) is 28.1. The number of hydrogen-bond donors (Lipinski definition) is 3. The minimum Gasteiger partial charge on any atom is -0.493 e. The first-order valence-electron chi connectivity index (χ1n) is 12.5. The molecule has 210 valence electrons. The van der Waals surface area contributed by atoms with Gasteiger partial charge in [-0.3, -0.25) is 5.32 Å². The predicted octanol–water partition coefficient (Wildman–Crippen LogP) is 3.35. The van der Waals surface area contributed by atoms with Crippen molar-refractivity contribution in [2.45, 2.75) is 32.3 Å². The minimum atomic E-state index is -1.02. The number of nitrogens with zero attached hydrogens (tertiary/aromatic N) is 5. The molecule has 0 unspecified atom stereocenters. The van der Waals surface area contributed by atoms with Crippen molar-refractivity contribution in [3.05, 3.63) is 34.3 Å². The first-order valence-corrected chi connectivity index (χ1v) is 13.3. The highest BCUT2D eigenvalue weighted by molar-refractivity contribution is 7.17. The summed E-state index contributed by atoms with van der Waals surface area (Å²) in [5, 5.41) is 22.9. The number of benzene rings is 1. The number of hydrogen-bond acceptors (Lipinski definition) is 12. The molecule has 1 aliphatic rings. The zero-order valence-electron chi connectivity index (χ0n) is 22.7. The van der Waals surface area contributed by atoms with Crippen LogP contribution >= 0.6 is 11.3 Å². The Morgan fingerprint density at radius 2 is 1.77 bits per heavy atom. The second kappa shape index (κ2) is 12.3. The van der Waals surface area contributed by atoms with Gasteiger partial charge in [-0.2, -0.15) is 9.97 Å². The van der Waals surface area contributed by atoms with Gasteiger partial charge in [-0.05, 0) is 43.9 Å². The van der Waals surface area contributed by atoms with Crippen molar-refractivity contribution in [3.63, 3.8) is 0 Å². The smallest absolute Gasteiger partial charge is 0.347 e. The van der Waals surface area contributed by atoms with Crippen LogP contribution < -0.4 is 29.3 Å². The lowest BCUT2D eigenvalue weighted by atomic mass is 10.1. The highest BCUT2D eigenvalue weighted by atomic mass is 32.1. The van der Waals surface area contributed by atoms with E-state index in [1.54, 1.807) is 28.3 Å². The summed E-state index contributed by atoms with van der Waals surface area (Å²) in [6.45, 7) is 3.63. The topological polar surface area (TPSA) is 142 Å². The summed E-state index contributed by atoms with van der Waals surface area (Å²) in [6, 6.07) is 5.78. The Balaban J connectivity index is 1.59. The van der Waals surface area contributed by atoms with Gasteiger partial charge in [0.05, 0.1) is 33.1 Å². The molecule has 3 aromatic rings. The number of aryl methyl sites for hydroxylation is 1. The molecule has 0 bridgehead atoms. The predicted molar refractivity (Wildman–Crippen MR) is 150 cm³/mol. The molecule has 39 heavy (non-hydrogen) atoms. The summed E-state index contributed by atoms with van der Waals surface area (Å²) in [6.07, 6.45) is 1.69. The maximum Gasteiger partial charge on any atom is 0.347 e. The second-order valence-corrected chi connectivity index (χ2v) is 10.2. The summed E-state index contributed by atoms with van der Waals surface area (Å²) < 4.78 is 16.4. The lowest BCUT2D eigenvalue weighted by Gasteiger charge is -2.31. The number of methoxy groups -OCH3 is 3. The Labute approximate surface area is 231 Å². The summed E-state index contributed by atoms with van der Waals surface area (Å²) in [5.74, 6) is 2.44. The van der Waals surface area contributed by atoms with Crippen molar-refractivity contribution in [3.8, 4) is 17.2 Å². The lowest BCUT2D eigenvalue weighted by molar-refractivity contribution is 0.0701.